The van der Waals surface area contributed by atoms with E-state index in [2.05, 4.69) is 0 Å². The lowest BCUT2D eigenvalue weighted by molar-refractivity contribution is 0.0313. The summed E-state index contributed by atoms with van der Waals surface area (Å²) in [5.41, 5.74) is 0. The van der Waals surface area contributed by atoms with Crippen LogP contribution in [0.25, 0.3) is 0 Å². The second kappa shape index (κ2) is 14.8. The van der Waals surface area contributed by atoms with Crippen LogP contribution in [0.15, 0.2) is 0 Å². The molecule has 0 aliphatic carbocycles. The van der Waals surface area contributed by atoms with Gasteiger partial charge in [0.15, 0.2) is 0 Å². The van der Waals surface area contributed by atoms with Crippen LogP contribution in [0.2, 0.25) is 0 Å². The lowest BCUT2D eigenvalue weighted by Gasteiger charge is -2.05. The summed E-state index contributed by atoms with van der Waals surface area (Å²) in [6.45, 7) is 3.54. The number of unbranched alkanes of at least 4 members (excludes halogenated alkanes) is 2. The van der Waals surface area contributed by atoms with Crippen molar-refractivity contribution in [1.82, 2.24) is 0 Å². The lowest BCUT2D eigenvalue weighted by atomic mass is 10.2. The van der Waals surface area contributed by atoms with E-state index >= 15 is 0 Å². The van der Waals surface area contributed by atoms with Gasteiger partial charge in [-0.15, -0.1) is 0 Å². The van der Waals surface area contributed by atoms with Crippen molar-refractivity contribution in [3.63, 3.8) is 0 Å². The summed E-state index contributed by atoms with van der Waals surface area (Å²) in [5, 5.41) is 16.9. The zero-order chi connectivity index (χ0) is 11.9. The molecule has 0 heterocycles. The maximum absolute atomic E-state index is 8.46. The van der Waals surface area contributed by atoms with Gasteiger partial charge in [-0.2, -0.15) is 0 Å². The molecule has 0 fully saturated rings. The Bertz CT molecular complexity index is 107. The van der Waals surface area contributed by atoms with Crippen LogP contribution in [-0.4, -0.2) is 63.1 Å². The van der Waals surface area contributed by atoms with Crippen LogP contribution in [-0.2, 0) is 14.2 Å². The third kappa shape index (κ3) is 13.8. The van der Waals surface area contributed by atoms with E-state index in [1.54, 1.807) is 0 Å². The summed E-state index contributed by atoms with van der Waals surface area (Å²) < 4.78 is 15.5. The first-order valence-electron chi connectivity index (χ1n) is 5.86. The molecular formula is C11H24O5. The van der Waals surface area contributed by atoms with Gasteiger partial charge in [-0.1, -0.05) is 0 Å². The number of aliphatic hydroxyl groups is 2. The van der Waals surface area contributed by atoms with Crippen LogP contribution in [0, 0.1) is 0 Å². The molecule has 0 spiro atoms. The molecule has 0 aliphatic heterocycles. The Morgan fingerprint density at radius 1 is 0.500 bits per heavy atom. The summed E-state index contributed by atoms with van der Waals surface area (Å²) in [6.07, 6.45) is 3.09. The van der Waals surface area contributed by atoms with Crippen molar-refractivity contribution in [2.24, 2.45) is 0 Å². The Labute approximate surface area is 97.3 Å². The minimum atomic E-state index is 0.0633. The van der Waals surface area contributed by atoms with Crippen LogP contribution in [0.4, 0.5) is 0 Å². The molecule has 0 bridgehead atoms. The molecule has 0 unspecified atom stereocenters. The van der Waals surface area contributed by atoms with Crippen molar-refractivity contribution in [2.45, 2.75) is 19.3 Å². The molecule has 0 rings (SSSR count). The molecule has 16 heavy (non-hydrogen) atoms. The van der Waals surface area contributed by atoms with Gasteiger partial charge in [0, 0.05) is 13.2 Å². The molecule has 2 N–H and O–H groups in total. The van der Waals surface area contributed by atoms with Crippen molar-refractivity contribution in [2.75, 3.05) is 52.9 Å². The number of ether oxygens (including phenoxy) is 3. The third-order valence-corrected chi connectivity index (χ3v) is 1.92. The zero-order valence-electron chi connectivity index (χ0n) is 9.90. The minimum Gasteiger partial charge on any atom is -0.394 e. The van der Waals surface area contributed by atoms with Gasteiger partial charge in [0.2, 0.25) is 0 Å². The highest BCUT2D eigenvalue weighted by Gasteiger charge is 1.92. The maximum Gasteiger partial charge on any atom is 0.0701 e. The van der Waals surface area contributed by atoms with Crippen molar-refractivity contribution in [1.29, 1.82) is 0 Å². The average molecular weight is 236 g/mol. The van der Waals surface area contributed by atoms with Gasteiger partial charge < -0.3 is 24.4 Å². The van der Waals surface area contributed by atoms with Crippen LogP contribution in [0.1, 0.15) is 19.3 Å². The number of rotatable bonds is 13. The predicted octanol–water partition coefficient (Wildman–Crippen LogP) is 0.191. The van der Waals surface area contributed by atoms with E-state index < -0.39 is 0 Å². The molecular weight excluding hydrogens is 212 g/mol. The van der Waals surface area contributed by atoms with Gasteiger partial charge in [-0.25, -0.2) is 0 Å². The first kappa shape index (κ1) is 15.8. The van der Waals surface area contributed by atoms with Gasteiger partial charge in [0.25, 0.3) is 0 Å². The van der Waals surface area contributed by atoms with Gasteiger partial charge >= 0.3 is 0 Å². The SMILES string of the molecule is OCCOCCCCCOCCOCCO. The standard InChI is InChI=1S/C11H24O5/c12-4-8-14-6-2-1-3-7-15-10-11-16-9-5-13/h12-13H,1-11H2. The van der Waals surface area contributed by atoms with E-state index in [9.17, 15) is 0 Å². The van der Waals surface area contributed by atoms with Gasteiger partial charge in [0.1, 0.15) is 0 Å². The predicted molar refractivity (Wildman–Crippen MR) is 60.5 cm³/mol. The molecule has 0 radical (unpaired) electrons. The fraction of sp³-hybridized carbons (Fsp3) is 1.00. The number of hydrogen-bond donors (Lipinski definition) is 2. The van der Waals surface area contributed by atoms with Gasteiger partial charge in [0.05, 0.1) is 39.6 Å². The highest BCUT2D eigenvalue weighted by molar-refractivity contribution is 4.41. The molecule has 0 amide bonds. The van der Waals surface area contributed by atoms with Crippen LogP contribution in [0.5, 0.6) is 0 Å². The molecule has 98 valence electrons. The first-order valence-corrected chi connectivity index (χ1v) is 5.86. The smallest absolute Gasteiger partial charge is 0.0701 e. The summed E-state index contributed by atoms with van der Waals surface area (Å²) in [7, 11) is 0. The van der Waals surface area contributed by atoms with Crippen molar-refractivity contribution >= 4 is 0 Å². The zero-order valence-corrected chi connectivity index (χ0v) is 9.90. The van der Waals surface area contributed by atoms with E-state index in [0.29, 0.717) is 33.0 Å². The quantitative estimate of drug-likeness (QED) is 0.447. The summed E-state index contributed by atoms with van der Waals surface area (Å²) in [4.78, 5) is 0. The Morgan fingerprint density at radius 2 is 0.938 bits per heavy atom. The first-order chi connectivity index (χ1) is 7.91. The summed E-state index contributed by atoms with van der Waals surface area (Å²) >= 11 is 0. The Balaban J connectivity index is 2.83. The van der Waals surface area contributed by atoms with E-state index in [0.717, 1.165) is 25.9 Å². The van der Waals surface area contributed by atoms with Crippen LogP contribution < -0.4 is 0 Å². The monoisotopic (exact) mass is 236 g/mol. The molecule has 0 aromatic carbocycles. The Kier molecular flexibility index (Phi) is 14.6. The Morgan fingerprint density at radius 3 is 1.44 bits per heavy atom. The molecule has 0 saturated heterocycles. The second-order valence-corrected chi connectivity index (χ2v) is 3.34. The van der Waals surface area contributed by atoms with E-state index in [4.69, 9.17) is 24.4 Å². The fourth-order valence-electron chi connectivity index (χ4n) is 1.14. The summed E-state index contributed by atoms with van der Waals surface area (Å²) in [6, 6.07) is 0. The van der Waals surface area contributed by atoms with Crippen molar-refractivity contribution in [3.05, 3.63) is 0 Å². The molecule has 0 atom stereocenters. The normalized spacial score (nSPS) is 10.9. The highest BCUT2D eigenvalue weighted by atomic mass is 16.5. The second-order valence-electron chi connectivity index (χ2n) is 3.34. The molecule has 0 saturated carbocycles. The van der Waals surface area contributed by atoms with Gasteiger partial charge in [-0.05, 0) is 19.3 Å². The lowest BCUT2D eigenvalue weighted by Crippen LogP contribution is -2.08. The molecule has 0 aromatic rings. The van der Waals surface area contributed by atoms with Crippen LogP contribution in [0.3, 0.4) is 0 Å². The number of hydrogen-bond acceptors (Lipinski definition) is 5. The average Bonchev–Trinajstić information content (AvgIpc) is 2.31. The van der Waals surface area contributed by atoms with E-state index in [1.807, 2.05) is 0 Å². The molecule has 0 aliphatic rings. The highest BCUT2D eigenvalue weighted by Crippen LogP contribution is 1.96. The van der Waals surface area contributed by atoms with Gasteiger partial charge in [-0.3, -0.25) is 0 Å². The fourth-order valence-corrected chi connectivity index (χ4v) is 1.14. The molecule has 5 heteroatoms. The van der Waals surface area contributed by atoms with E-state index in [-0.39, 0.29) is 13.2 Å². The van der Waals surface area contributed by atoms with Crippen molar-refractivity contribution in [3.8, 4) is 0 Å². The third-order valence-electron chi connectivity index (χ3n) is 1.92. The molecule has 0 aromatic heterocycles. The molecule has 5 nitrogen and oxygen atoms in total. The largest absolute Gasteiger partial charge is 0.394 e. The topological polar surface area (TPSA) is 68.2 Å². The van der Waals surface area contributed by atoms with Crippen LogP contribution >= 0.6 is 0 Å². The maximum atomic E-state index is 8.46. The number of aliphatic hydroxyl groups excluding tert-OH is 2. The summed E-state index contributed by atoms with van der Waals surface area (Å²) in [5.74, 6) is 0. The van der Waals surface area contributed by atoms with Crippen molar-refractivity contribution < 1.29 is 24.4 Å². The minimum absolute atomic E-state index is 0.0633. The Hall–Kier alpha value is -0.200. The van der Waals surface area contributed by atoms with E-state index in [1.165, 1.54) is 0 Å².